The zero-order valence-electron chi connectivity index (χ0n) is 8.73. The highest BCUT2D eigenvalue weighted by atomic mass is 32.1. The molecule has 1 aromatic heterocycles. The molecule has 0 aliphatic heterocycles. The van der Waals surface area contributed by atoms with Crippen LogP contribution in [0.5, 0.6) is 0 Å². The average molecular weight is 225 g/mol. The molecule has 1 aliphatic carbocycles. The van der Waals surface area contributed by atoms with Crippen LogP contribution in [0.3, 0.4) is 0 Å². The number of hydrogen-bond donors (Lipinski definition) is 1. The average Bonchev–Trinajstić information content (AvgIpc) is 2.92. The lowest BCUT2D eigenvalue weighted by molar-refractivity contribution is -0.143. The fourth-order valence-corrected chi connectivity index (χ4v) is 2.19. The van der Waals surface area contributed by atoms with E-state index < -0.39 is 0 Å². The maximum atomic E-state index is 11.6. The highest BCUT2D eigenvalue weighted by Crippen LogP contribution is 2.29. The van der Waals surface area contributed by atoms with Gasteiger partial charge in [0.05, 0.1) is 7.11 Å². The summed E-state index contributed by atoms with van der Waals surface area (Å²) in [6.45, 7) is 0.912. The van der Waals surface area contributed by atoms with Gasteiger partial charge < -0.3 is 10.1 Å². The van der Waals surface area contributed by atoms with Crippen molar-refractivity contribution in [3.05, 3.63) is 22.4 Å². The van der Waals surface area contributed by atoms with Crippen molar-refractivity contribution >= 4 is 17.3 Å². The maximum absolute atomic E-state index is 11.6. The van der Waals surface area contributed by atoms with Gasteiger partial charge in [0, 0.05) is 0 Å². The first-order valence-corrected chi connectivity index (χ1v) is 6.09. The number of thiophene rings is 1. The number of nitrogens with one attached hydrogen (secondary N) is 1. The van der Waals surface area contributed by atoms with Crippen LogP contribution in [-0.4, -0.2) is 19.6 Å². The van der Waals surface area contributed by atoms with Gasteiger partial charge in [-0.15, -0.1) is 0 Å². The SMILES string of the molecule is COC(=O)C(NCC1CC1)c1ccsc1. The van der Waals surface area contributed by atoms with E-state index in [4.69, 9.17) is 4.74 Å². The number of rotatable bonds is 5. The van der Waals surface area contributed by atoms with Crippen LogP contribution in [0.2, 0.25) is 0 Å². The lowest BCUT2D eigenvalue weighted by Crippen LogP contribution is -2.30. The van der Waals surface area contributed by atoms with Crippen LogP contribution in [0.25, 0.3) is 0 Å². The van der Waals surface area contributed by atoms with Crippen LogP contribution in [0.15, 0.2) is 16.8 Å². The molecule has 0 amide bonds. The van der Waals surface area contributed by atoms with Gasteiger partial charge in [0.1, 0.15) is 6.04 Å². The van der Waals surface area contributed by atoms with Gasteiger partial charge >= 0.3 is 5.97 Å². The van der Waals surface area contributed by atoms with Crippen LogP contribution in [0.1, 0.15) is 24.4 Å². The second-order valence-electron chi connectivity index (χ2n) is 3.86. The quantitative estimate of drug-likeness (QED) is 0.778. The summed E-state index contributed by atoms with van der Waals surface area (Å²) < 4.78 is 4.79. The second kappa shape index (κ2) is 4.77. The van der Waals surface area contributed by atoms with E-state index in [0.717, 1.165) is 18.0 Å². The van der Waals surface area contributed by atoms with Crippen molar-refractivity contribution in [2.24, 2.45) is 5.92 Å². The molecular weight excluding hydrogens is 210 g/mol. The highest BCUT2D eigenvalue weighted by molar-refractivity contribution is 7.08. The predicted molar refractivity (Wildman–Crippen MR) is 59.8 cm³/mol. The van der Waals surface area contributed by atoms with Gasteiger partial charge in [0.2, 0.25) is 0 Å². The smallest absolute Gasteiger partial charge is 0.327 e. The third-order valence-corrected chi connectivity index (χ3v) is 3.32. The molecule has 0 aromatic carbocycles. The summed E-state index contributed by atoms with van der Waals surface area (Å²) in [4.78, 5) is 11.6. The van der Waals surface area contributed by atoms with E-state index in [1.807, 2.05) is 16.8 Å². The number of methoxy groups -OCH3 is 1. The minimum atomic E-state index is -0.290. The first-order valence-electron chi connectivity index (χ1n) is 5.14. The van der Waals surface area contributed by atoms with Crippen LogP contribution in [0.4, 0.5) is 0 Å². The molecule has 4 heteroatoms. The first-order chi connectivity index (χ1) is 7.31. The summed E-state index contributed by atoms with van der Waals surface area (Å²) >= 11 is 1.60. The maximum Gasteiger partial charge on any atom is 0.327 e. The monoisotopic (exact) mass is 225 g/mol. The molecule has 1 aromatic rings. The Morgan fingerprint density at radius 1 is 1.73 bits per heavy atom. The summed E-state index contributed by atoms with van der Waals surface area (Å²) in [7, 11) is 1.43. The van der Waals surface area contributed by atoms with Gasteiger partial charge in [-0.25, -0.2) is 4.79 Å². The summed E-state index contributed by atoms with van der Waals surface area (Å²) in [6.07, 6.45) is 2.56. The largest absolute Gasteiger partial charge is 0.468 e. The molecule has 3 nitrogen and oxygen atoms in total. The Kier molecular flexibility index (Phi) is 3.38. The Labute approximate surface area is 93.4 Å². The molecule has 82 valence electrons. The fourth-order valence-electron chi connectivity index (χ4n) is 1.50. The van der Waals surface area contributed by atoms with E-state index >= 15 is 0 Å². The Morgan fingerprint density at radius 3 is 3.07 bits per heavy atom. The molecule has 0 radical (unpaired) electrons. The molecule has 0 bridgehead atoms. The molecule has 15 heavy (non-hydrogen) atoms. The molecule has 1 heterocycles. The van der Waals surface area contributed by atoms with Gasteiger partial charge in [-0.3, -0.25) is 0 Å². The standard InChI is InChI=1S/C11H15NO2S/c1-14-11(13)10(9-4-5-15-7-9)12-6-8-2-3-8/h4-5,7-8,10,12H,2-3,6H2,1H3. The van der Waals surface area contributed by atoms with Crippen LogP contribution >= 0.6 is 11.3 Å². The third kappa shape index (κ3) is 2.79. The van der Waals surface area contributed by atoms with E-state index in [1.165, 1.54) is 20.0 Å². The van der Waals surface area contributed by atoms with Crippen molar-refractivity contribution < 1.29 is 9.53 Å². The topological polar surface area (TPSA) is 38.3 Å². The molecule has 1 atom stereocenters. The molecule has 1 saturated carbocycles. The minimum absolute atomic E-state index is 0.200. The molecule has 2 rings (SSSR count). The molecule has 1 N–H and O–H groups in total. The molecular formula is C11H15NO2S. The number of hydrogen-bond acceptors (Lipinski definition) is 4. The predicted octanol–water partition coefficient (Wildman–Crippen LogP) is 1.96. The second-order valence-corrected chi connectivity index (χ2v) is 4.64. The molecule has 0 saturated heterocycles. The molecule has 1 aliphatic rings. The summed E-state index contributed by atoms with van der Waals surface area (Å²) in [5.41, 5.74) is 1.01. The number of ether oxygens (including phenoxy) is 1. The Bertz CT molecular complexity index is 319. The fraction of sp³-hybridized carbons (Fsp3) is 0.545. The highest BCUT2D eigenvalue weighted by Gasteiger charge is 2.26. The Balaban J connectivity index is 1.98. The Morgan fingerprint density at radius 2 is 2.53 bits per heavy atom. The minimum Gasteiger partial charge on any atom is -0.468 e. The van der Waals surface area contributed by atoms with Crippen LogP contribution < -0.4 is 5.32 Å². The summed E-state index contributed by atoms with van der Waals surface area (Å²) in [5, 5.41) is 7.23. The van der Waals surface area contributed by atoms with Gasteiger partial charge in [-0.1, -0.05) is 0 Å². The lowest BCUT2D eigenvalue weighted by Gasteiger charge is -2.14. The van der Waals surface area contributed by atoms with Crippen LogP contribution in [-0.2, 0) is 9.53 Å². The molecule has 0 spiro atoms. The van der Waals surface area contributed by atoms with E-state index in [0.29, 0.717) is 0 Å². The van der Waals surface area contributed by atoms with Gasteiger partial charge in [-0.2, -0.15) is 11.3 Å². The number of carbonyl (C=O) groups is 1. The van der Waals surface area contributed by atoms with E-state index in [1.54, 1.807) is 11.3 Å². The normalized spacial score (nSPS) is 17.4. The first kappa shape index (κ1) is 10.6. The Hall–Kier alpha value is -0.870. The van der Waals surface area contributed by atoms with E-state index in [-0.39, 0.29) is 12.0 Å². The number of esters is 1. The summed E-state index contributed by atoms with van der Waals surface area (Å²) in [5.74, 6) is 0.560. The zero-order chi connectivity index (χ0) is 10.7. The van der Waals surface area contributed by atoms with Crippen LogP contribution in [0, 0.1) is 5.92 Å². The zero-order valence-corrected chi connectivity index (χ0v) is 9.55. The van der Waals surface area contributed by atoms with Crippen molar-refractivity contribution in [3.8, 4) is 0 Å². The third-order valence-electron chi connectivity index (χ3n) is 2.62. The molecule has 1 fully saturated rings. The molecule has 1 unspecified atom stereocenters. The van der Waals surface area contributed by atoms with Crippen molar-refractivity contribution in [3.63, 3.8) is 0 Å². The van der Waals surface area contributed by atoms with Crippen molar-refractivity contribution in [1.82, 2.24) is 5.32 Å². The summed E-state index contributed by atoms with van der Waals surface area (Å²) in [6, 6.07) is 1.67. The van der Waals surface area contributed by atoms with Crippen molar-refractivity contribution in [2.45, 2.75) is 18.9 Å². The van der Waals surface area contributed by atoms with Crippen molar-refractivity contribution in [2.75, 3.05) is 13.7 Å². The van der Waals surface area contributed by atoms with E-state index in [9.17, 15) is 4.79 Å². The van der Waals surface area contributed by atoms with Gasteiger partial charge in [-0.05, 0) is 47.7 Å². The van der Waals surface area contributed by atoms with Crippen molar-refractivity contribution in [1.29, 1.82) is 0 Å². The lowest BCUT2D eigenvalue weighted by atomic mass is 10.1. The van der Waals surface area contributed by atoms with Gasteiger partial charge in [0.25, 0.3) is 0 Å². The van der Waals surface area contributed by atoms with Gasteiger partial charge in [0.15, 0.2) is 0 Å². The van der Waals surface area contributed by atoms with E-state index in [2.05, 4.69) is 5.32 Å². The number of carbonyl (C=O) groups excluding carboxylic acids is 1.